The maximum absolute atomic E-state index is 12.4. The highest BCUT2D eigenvalue weighted by atomic mass is 32.1. The maximum atomic E-state index is 12.4. The van der Waals surface area contributed by atoms with Gasteiger partial charge in [-0.25, -0.2) is 4.98 Å². The van der Waals surface area contributed by atoms with Crippen LogP contribution in [-0.4, -0.2) is 9.97 Å². The van der Waals surface area contributed by atoms with Gasteiger partial charge >= 0.3 is 12.4 Å². The summed E-state index contributed by atoms with van der Waals surface area (Å²) in [4.78, 5) is 6.55. The summed E-state index contributed by atoms with van der Waals surface area (Å²) in [6, 6.07) is 0.700. The Kier molecular flexibility index (Phi) is 3.93. The summed E-state index contributed by atoms with van der Waals surface area (Å²) >= 11 is 0.370. The normalized spacial score (nSPS) is 14.2. The van der Waals surface area contributed by atoms with Crippen molar-refractivity contribution in [1.29, 1.82) is 0 Å². The molecule has 10 heteroatoms. The minimum atomic E-state index is -4.59. The van der Waals surface area contributed by atoms with E-state index in [2.05, 4.69) is 9.97 Å². The van der Waals surface area contributed by atoms with Crippen molar-refractivity contribution in [2.45, 2.75) is 18.4 Å². The Bertz CT molecular complexity index is 616. The average molecular weight is 327 g/mol. The second-order valence-corrected chi connectivity index (χ2v) is 4.89. The van der Waals surface area contributed by atoms with E-state index in [1.54, 1.807) is 0 Å². The zero-order valence-corrected chi connectivity index (χ0v) is 10.9. The van der Waals surface area contributed by atoms with Crippen molar-refractivity contribution in [3.05, 3.63) is 45.7 Å². The van der Waals surface area contributed by atoms with E-state index in [0.717, 1.165) is 17.6 Å². The number of nitrogens with two attached hydrogens (primary N) is 1. The number of rotatable bonds is 2. The summed E-state index contributed by atoms with van der Waals surface area (Å²) in [5, 5.41) is 0.0540. The van der Waals surface area contributed by atoms with E-state index in [1.807, 2.05) is 0 Å². The number of thiazole rings is 1. The van der Waals surface area contributed by atoms with Crippen molar-refractivity contribution in [2.75, 3.05) is 0 Å². The fourth-order valence-corrected chi connectivity index (χ4v) is 2.21. The molecule has 0 amide bonds. The summed E-state index contributed by atoms with van der Waals surface area (Å²) in [6.07, 6.45) is -8.30. The van der Waals surface area contributed by atoms with Gasteiger partial charge in [0.1, 0.15) is 5.69 Å². The fraction of sp³-hybridized carbons (Fsp3) is 0.273. The summed E-state index contributed by atoms with van der Waals surface area (Å²) in [6.45, 7) is 0. The van der Waals surface area contributed by atoms with Crippen molar-refractivity contribution >= 4 is 11.3 Å². The van der Waals surface area contributed by atoms with E-state index in [0.29, 0.717) is 17.4 Å². The van der Waals surface area contributed by atoms with Crippen LogP contribution in [-0.2, 0) is 12.4 Å². The summed E-state index contributed by atoms with van der Waals surface area (Å²) in [7, 11) is 0. The molecule has 1 unspecified atom stereocenters. The Morgan fingerprint density at radius 3 is 2.14 bits per heavy atom. The summed E-state index contributed by atoms with van der Waals surface area (Å²) in [5.41, 5.74) is 4.65. The van der Waals surface area contributed by atoms with Gasteiger partial charge < -0.3 is 5.73 Å². The van der Waals surface area contributed by atoms with Crippen LogP contribution in [0.4, 0.5) is 26.3 Å². The topological polar surface area (TPSA) is 51.8 Å². The van der Waals surface area contributed by atoms with E-state index in [-0.39, 0.29) is 11.3 Å². The van der Waals surface area contributed by atoms with Crippen LogP contribution in [0.5, 0.6) is 0 Å². The van der Waals surface area contributed by atoms with Crippen molar-refractivity contribution in [1.82, 2.24) is 9.97 Å². The van der Waals surface area contributed by atoms with E-state index in [1.165, 1.54) is 0 Å². The van der Waals surface area contributed by atoms with Gasteiger partial charge in [-0.1, -0.05) is 6.07 Å². The molecule has 2 rings (SSSR count). The molecule has 2 aromatic rings. The third kappa shape index (κ3) is 3.50. The van der Waals surface area contributed by atoms with Crippen LogP contribution in [0.25, 0.3) is 0 Å². The van der Waals surface area contributed by atoms with Crippen LogP contribution < -0.4 is 5.73 Å². The average Bonchev–Trinajstić information content (AvgIpc) is 2.86. The Labute approximate surface area is 118 Å². The Hall–Kier alpha value is -1.68. The van der Waals surface area contributed by atoms with Gasteiger partial charge in [-0.15, -0.1) is 11.3 Å². The molecule has 0 aromatic carbocycles. The lowest BCUT2D eigenvalue weighted by atomic mass is 10.1. The number of aromatic nitrogens is 2. The molecular weight excluding hydrogens is 320 g/mol. The van der Waals surface area contributed by atoms with Crippen molar-refractivity contribution < 1.29 is 26.3 Å². The molecule has 0 saturated heterocycles. The fourth-order valence-electron chi connectivity index (χ4n) is 1.49. The molecule has 0 aliphatic rings. The Balaban J connectivity index is 2.24. The summed E-state index contributed by atoms with van der Waals surface area (Å²) in [5.74, 6) is 0. The minimum Gasteiger partial charge on any atom is -0.319 e. The van der Waals surface area contributed by atoms with Crippen LogP contribution in [0.2, 0.25) is 0 Å². The van der Waals surface area contributed by atoms with E-state index >= 15 is 0 Å². The van der Waals surface area contributed by atoms with Gasteiger partial charge in [0.2, 0.25) is 0 Å². The van der Waals surface area contributed by atoms with Crippen LogP contribution in [0.15, 0.2) is 23.7 Å². The SMILES string of the molecule is NC(c1ccc(C(F)(F)F)nc1)c1csc(C(F)(F)F)n1. The number of alkyl halides is 6. The molecule has 1 atom stereocenters. The molecule has 0 bridgehead atoms. The van der Waals surface area contributed by atoms with E-state index in [9.17, 15) is 26.3 Å². The highest BCUT2D eigenvalue weighted by Gasteiger charge is 2.35. The van der Waals surface area contributed by atoms with Gasteiger partial charge in [0.05, 0.1) is 11.7 Å². The molecule has 0 saturated carbocycles. The second-order valence-electron chi connectivity index (χ2n) is 4.03. The van der Waals surface area contributed by atoms with Gasteiger partial charge in [0.15, 0.2) is 5.01 Å². The maximum Gasteiger partial charge on any atom is 0.443 e. The number of hydrogen-bond donors (Lipinski definition) is 1. The van der Waals surface area contributed by atoms with E-state index in [4.69, 9.17) is 5.73 Å². The number of halogens is 6. The standard InChI is InChI=1S/C11H7F6N3S/c12-10(13,14)7-2-1-5(3-19-7)8(18)6-4-21-9(20-6)11(15,16)17/h1-4,8H,18H2. The molecule has 0 aliphatic heterocycles. The molecule has 3 nitrogen and oxygen atoms in total. The first-order valence-electron chi connectivity index (χ1n) is 5.40. The lowest BCUT2D eigenvalue weighted by Gasteiger charge is -2.11. The van der Waals surface area contributed by atoms with Gasteiger partial charge in [-0.05, 0) is 11.6 Å². The first-order valence-corrected chi connectivity index (χ1v) is 6.28. The van der Waals surface area contributed by atoms with Gasteiger partial charge in [-0.3, -0.25) is 4.98 Å². The van der Waals surface area contributed by atoms with Crippen LogP contribution in [0.1, 0.15) is 28.0 Å². The molecule has 0 aliphatic carbocycles. The predicted molar refractivity (Wildman–Crippen MR) is 62.4 cm³/mol. The van der Waals surface area contributed by atoms with Crippen LogP contribution >= 0.6 is 11.3 Å². The number of pyridine rings is 1. The van der Waals surface area contributed by atoms with Crippen molar-refractivity contribution in [3.8, 4) is 0 Å². The van der Waals surface area contributed by atoms with Gasteiger partial charge in [0, 0.05) is 11.6 Å². The lowest BCUT2D eigenvalue weighted by Crippen LogP contribution is -2.15. The first kappa shape index (κ1) is 15.7. The third-order valence-corrected chi connectivity index (χ3v) is 3.42. The Morgan fingerprint density at radius 1 is 1.05 bits per heavy atom. The Morgan fingerprint density at radius 2 is 1.71 bits per heavy atom. The highest BCUT2D eigenvalue weighted by molar-refractivity contribution is 7.09. The van der Waals surface area contributed by atoms with Crippen LogP contribution in [0, 0.1) is 0 Å². The third-order valence-electron chi connectivity index (χ3n) is 2.52. The molecule has 2 aromatic heterocycles. The molecule has 21 heavy (non-hydrogen) atoms. The quantitative estimate of drug-likeness (QED) is 0.857. The van der Waals surface area contributed by atoms with Crippen molar-refractivity contribution in [2.24, 2.45) is 5.73 Å². The summed E-state index contributed by atoms with van der Waals surface area (Å²) < 4.78 is 74.3. The van der Waals surface area contributed by atoms with Gasteiger partial charge in [-0.2, -0.15) is 26.3 Å². The minimum absolute atomic E-state index is 0.0751. The second kappa shape index (κ2) is 5.26. The van der Waals surface area contributed by atoms with E-state index < -0.39 is 29.1 Å². The zero-order chi connectivity index (χ0) is 15.8. The highest BCUT2D eigenvalue weighted by Crippen LogP contribution is 2.34. The monoisotopic (exact) mass is 327 g/mol. The molecule has 114 valence electrons. The molecule has 2 N–H and O–H groups in total. The first-order chi connectivity index (χ1) is 9.59. The largest absolute Gasteiger partial charge is 0.443 e. The number of hydrogen-bond acceptors (Lipinski definition) is 4. The number of nitrogens with zero attached hydrogens (tertiary/aromatic N) is 2. The zero-order valence-electron chi connectivity index (χ0n) is 10.0. The molecular formula is C11H7F6N3S. The molecule has 2 heterocycles. The molecule has 0 spiro atoms. The smallest absolute Gasteiger partial charge is 0.319 e. The van der Waals surface area contributed by atoms with Gasteiger partial charge in [0.25, 0.3) is 0 Å². The molecule has 0 radical (unpaired) electrons. The van der Waals surface area contributed by atoms with Crippen LogP contribution in [0.3, 0.4) is 0 Å². The predicted octanol–water partition coefficient (Wildman–Crippen LogP) is 3.62. The van der Waals surface area contributed by atoms with Crippen molar-refractivity contribution in [3.63, 3.8) is 0 Å². The lowest BCUT2D eigenvalue weighted by molar-refractivity contribution is -0.141. The molecule has 0 fully saturated rings.